The average molecular weight is 581 g/mol. The number of rotatable bonds is 10. The predicted octanol–water partition coefficient (Wildman–Crippen LogP) is 6.35. The number of aryl methyl sites for hydroxylation is 2. The van der Waals surface area contributed by atoms with E-state index in [1.165, 1.54) is 42.1 Å². The molecule has 9 nitrogen and oxygen atoms in total. The fourth-order valence-electron chi connectivity index (χ4n) is 3.92. The number of hydrogen-bond acceptors (Lipinski definition) is 6. The maximum Gasteiger partial charge on any atom is 0.272 e. The van der Waals surface area contributed by atoms with Crippen molar-refractivity contribution in [2.75, 3.05) is 16.4 Å². The molecular weight excluding hydrogens is 552 g/mol. The van der Waals surface area contributed by atoms with Gasteiger partial charge in [-0.15, -0.1) is 11.8 Å². The van der Waals surface area contributed by atoms with Gasteiger partial charge in [-0.3, -0.25) is 24.5 Å². The molecule has 10 heteroatoms. The van der Waals surface area contributed by atoms with E-state index in [1.807, 2.05) is 32.0 Å². The summed E-state index contributed by atoms with van der Waals surface area (Å²) in [7, 11) is 0. The van der Waals surface area contributed by atoms with Crippen molar-refractivity contribution < 1.29 is 19.3 Å². The molecule has 0 spiro atoms. The summed E-state index contributed by atoms with van der Waals surface area (Å²) in [6.45, 7) is 3.94. The van der Waals surface area contributed by atoms with Crippen molar-refractivity contribution in [3.8, 4) is 0 Å². The van der Waals surface area contributed by atoms with Crippen molar-refractivity contribution in [1.82, 2.24) is 5.32 Å². The summed E-state index contributed by atoms with van der Waals surface area (Å²) in [6, 6.07) is 26.9. The van der Waals surface area contributed by atoms with Crippen LogP contribution in [0.3, 0.4) is 0 Å². The number of nitro benzene ring substituents is 1. The minimum Gasteiger partial charge on any atom is -0.325 e. The first-order chi connectivity index (χ1) is 20.2. The van der Waals surface area contributed by atoms with Gasteiger partial charge >= 0.3 is 0 Å². The van der Waals surface area contributed by atoms with E-state index in [4.69, 9.17) is 0 Å². The lowest BCUT2D eigenvalue weighted by molar-refractivity contribution is -0.384. The Morgan fingerprint density at radius 2 is 1.55 bits per heavy atom. The Kier molecular flexibility index (Phi) is 9.85. The van der Waals surface area contributed by atoms with Crippen molar-refractivity contribution in [1.29, 1.82) is 0 Å². The number of nitrogens with zero attached hydrogens (tertiary/aromatic N) is 1. The molecule has 42 heavy (non-hydrogen) atoms. The lowest BCUT2D eigenvalue weighted by Gasteiger charge is -2.12. The Morgan fingerprint density at radius 3 is 2.19 bits per heavy atom. The van der Waals surface area contributed by atoms with Crippen molar-refractivity contribution in [2.24, 2.45) is 0 Å². The first-order valence-corrected chi connectivity index (χ1v) is 13.9. The van der Waals surface area contributed by atoms with Crippen LogP contribution in [0.15, 0.2) is 108 Å². The minimum absolute atomic E-state index is 0.0424. The number of hydrogen-bond donors (Lipinski definition) is 3. The predicted molar refractivity (Wildman–Crippen MR) is 165 cm³/mol. The zero-order chi connectivity index (χ0) is 30.1. The monoisotopic (exact) mass is 580 g/mol. The summed E-state index contributed by atoms with van der Waals surface area (Å²) >= 11 is 1.36. The van der Waals surface area contributed by atoms with Crippen LogP contribution in [-0.4, -0.2) is 28.4 Å². The molecule has 4 aromatic rings. The van der Waals surface area contributed by atoms with Gasteiger partial charge in [-0.05, 0) is 85.6 Å². The quantitative estimate of drug-likeness (QED) is 0.0867. The highest BCUT2D eigenvalue weighted by molar-refractivity contribution is 8.00. The third kappa shape index (κ3) is 8.39. The smallest absolute Gasteiger partial charge is 0.272 e. The number of amides is 3. The Balaban J connectivity index is 1.42. The first kappa shape index (κ1) is 29.8. The molecule has 0 radical (unpaired) electrons. The van der Waals surface area contributed by atoms with Crippen LogP contribution >= 0.6 is 11.8 Å². The van der Waals surface area contributed by atoms with Crippen LogP contribution in [0.2, 0.25) is 0 Å². The molecule has 0 aliphatic heterocycles. The topological polar surface area (TPSA) is 130 Å². The number of anilines is 2. The maximum absolute atomic E-state index is 13.2. The molecule has 0 bridgehead atoms. The standard InChI is InChI=1S/C32H28N4O5S/c1-21-8-17-28(22(2)18-21)34-30(37)20-42-27-15-11-25(12-16-27)33-32(39)29(35-31(38)24-6-4-3-5-7-24)19-23-9-13-26(14-10-23)36(40)41/h3-19H,20H2,1-2H3,(H,33,39)(H,34,37)(H,35,38)/b29-19-. The highest BCUT2D eigenvalue weighted by Crippen LogP contribution is 2.22. The third-order valence-corrected chi connectivity index (χ3v) is 7.09. The second-order valence-corrected chi connectivity index (χ2v) is 10.4. The van der Waals surface area contributed by atoms with Crippen molar-refractivity contribution in [3.05, 3.63) is 135 Å². The second-order valence-electron chi connectivity index (χ2n) is 9.36. The van der Waals surface area contributed by atoms with Gasteiger partial charge < -0.3 is 16.0 Å². The summed E-state index contributed by atoms with van der Waals surface area (Å²) in [5.41, 5.74) is 4.10. The normalized spacial score (nSPS) is 11.0. The fourth-order valence-corrected chi connectivity index (χ4v) is 4.62. The van der Waals surface area contributed by atoms with E-state index in [-0.39, 0.29) is 23.0 Å². The van der Waals surface area contributed by atoms with E-state index in [1.54, 1.807) is 54.6 Å². The van der Waals surface area contributed by atoms with Crippen molar-refractivity contribution >= 4 is 52.6 Å². The lowest BCUT2D eigenvalue weighted by Crippen LogP contribution is -2.30. The van der Waals surface area contributed by atoms with Gasteiger partial charge in [0.15, 0.2) is 0 Å². The Labute approximate surface area is 247 Å². The van der Waals surface area contributed by atoms with E-state index >= 15 is 0 Å². The first-order valence-electron chi connectivity index (χ1n) is 12.9. The largest absolute Gasteiger partial charge is 0.325 e. The van der Waals surface area contributed by atoms with Gasteiger partial charge in [-0.25, -0.2) is 0 Å². The number of carbonyl (C=O) groups is 3. The van der Waals surface area contributed by atoms with E-state index in [0.717, 1.165) is 21.7 Å². The fraction of sp³-hybridized carbons (Fsp3) is 0.0938. The van der Waals surface area contributed by atoms with E-state index in [2.05, 4.69) is 16.0 Å². The highest BCUT2D eigenvalue weighted by atomic mass is 32.2. The van der Waals surface area contributed by atoms with Crippen LogP contribution in [0, 0.1) is 24.0 Å². The van der Waals surface area contributed by atoms with Crippen LogP contribution in [0.4, 0.5) is 17.1 Å². The lowest BCUT2D eigenvalue weighted by atomic mass is 10.1. The summed E-state index contributed by atoms with van der Waals surface area (Å²) in [5, 5.41) is 19.3. The summed E-state index contributed by atoms with van der Waals surface area (Å²) < 4.78 is 0. The Bertz CT molecular complexity index is 1640. The van der Waals surface area contributed by atoms with E-state index in [9.17, 15) is 24.5 Å². The van der Waals surface area contributed by atoms with Gasteiger partial charge in [0.25, 0.3) is 17.5 Å². The molecule has 0 saturated carbocycles. The molecule has 0 heterocycles. The highest BCUT2D eigenvalue weighted by Gasteiger charge is 2.16. The zero-order valence-corrected chi connectivity index (χ0v) is 23.7. The van der Waals surface area contributed by atoms with Gasteiger partial charge in [0.2, 0.25) is 5.91 Å². The minimum atomic E-state index is -0.578. The average Bonchev–Trinajstić information content (AvgIpc) is 2.98. The van der Waals surface area contributed by atoms with Crippen molar-refractivity contribution in [2.45, 2.75) is 18.7 Å². The van der Waals surface area contributed by atoms with Gasteiger partial charge in [0, 0.05) is 34.0 Å². The molecule has 4 aromatic carbocycles. The molecule has 0 atom stereocenters. The Hall–Kier alpha value is -5.22. The van der Waals surface area contributed by atoms with E-state index in [0.29, 0.717) is 16.8 Å². The van der Waals surface area contributed by atoms with Crippen LogP contribution in [0.1, 0.15) is 27.0 Å². The van der Waals surface area contributed by atoms with Gasteiger partial charge in [-0.1, -0.05) is 35.9 Å². The molecule has 3 N–H and O–H groups in total. The molecule has 0 aromatic heterocycles. The van der Waals surface area contributed by atoms with Crippen molar-refractivity contribution in [3.63, 3.8) is 0 Å². The number of non-ortho nitro benzene ring substituents is 1. The maximum atomic E-state index is 13.2. The van der Waals surface area contributed by atoms with Crippen LogP contribution in [0.5, 0.6) is 0 Å². The molecule has 0 fully saturated rings. The SMILES string of the molecule is Cc1ccc(NC(=O)CSc2ccc(NC(=O)/C(=C/c3ccc([N+](=O)[O-])cc3)NC(=O)c3ccccc3)cc2)c(C)c1. The molecule has 0 saturated heterocycles. The molecule has 4 rings (SSSR count). The number of carbonyl (C=O) groups excluding carboxylic acids is 3. The molecule has 3 amide bonds. The van der Waals surface area contributed by atoms with Gasteiger partial charge in [0.05, 0.1) is 10.7 Å². The molecule has 212 valence electrons. The molecule has 0 aliphatic carbocycles. The van der Waals surface area contributed by atoms with Crippen LogP contribution < -0.4 is 16.0 Å². The van der Waals surface area contributed by atoms with Gasteiger partial charge in [-0.2, -0.15) is 0 Å². The summed E-state index contributed by atoms with van der Waals surface area (Å²) in [5.74, 6) is -0.970. The number of nitro groups is 1. The number of thioether (sulfide) groups is 1. The van der Waals surface area contributed by atoms with Crippen LogP contribution in [-0.2, 0) is 9.59 Å². The number of benzene rings is 4. The third-order valence-electron chi connectivity index (χ3n) is 6.08. The van der Waals surface area contributed by atoms with Crippen LogP contribution in [0.25, 0.3) is 6.08 Å². The molecule has 0 aliphatic rings. The van der Waals surface area contributed by atoms with E-state index < -0.39 is 16.7 Å². The van der Waals surface area contributed by atoms with Gasteiger partial charge in [0.1, 0.15) is 5.70 Å². The summed E-state index contributed by atoms with van der Waals surface area (Å²) in [4.78, 5) is 49.8. The summed E-state index contributed by atoms with van der Waals surface area (Å²) in [6.07, 6.45) is 1.44. The molecule has 0 unspecified atom stereocenters. The second kappa shape index (κ2) is 13.9. The Morgan fingerprint density at radius 1 is 0.857 bits per heavy atom. The zero-order valence-electron chi connectivity index (χ0n) is 22.9. The molecular formula is C32H28N4O5S. The number of nitrogens with one attached hydrogen (secondary N) is 3.